The Labute approximate surface area is 120 Å². The van der Waals surface area contributed by atoms with Crippen molar-refractivity contribution in [2.75, 3.05) is 21.3 Å². The van der Waals surface area contributed by atoms with Gasteiger partial charge in [0.05, 0.1) is 19.9 Å². The number of halogens is 1. The van der Waals surface area contributed by atoms with E-state index in [1.54, 1.807) is 33.4 Å². The molecule has 19 heavy (non-hydrogen) atoms. The number of carbonyl (C=O) groups excluding carboxylic acids is 1. The number of benzene rings is 1. The largest absolute Gasteiger partial charge is 0.493 e. The summed E-state index contributed by atoms with van der Waals surface area (Å²) in [4.78, 5) is 12.3. The van der Waals surface area contributed by atoms with Gasteiger partial charge in [0, 0.05) is 7.05 Å². The van der Waals surface area contributed by atoms with Crippen molar-refractivity contribution in [1.29, 1.82) is 0 Å². The highest BCUT2D eigenvalue weighted by Crippen LogP contribution is 2.42. The van der Waals surface area contributed by atoms with Crippen LogP contribution in [-0.4, -0.2) is 37.9 Å². The highest BCUT2D eigenvalue weighted by molar-refractivity contribution is 9.10. The van der Waals surface area contributed by atoms with Crippen molar-refractivity contribution in [1.82, 2.24) is 5.01 Å². The summed E-state index contributed by atoms with van der Waals surface area (Å²) in [7, 11) is 4.77. The maximum Gasteiger partial charge on any atom is 0.269 e. The molecule has 0 saturated carbocycles. The van der Waals surface area contributed by atoms with Crippen molar-refractivity contribution in [2.45, 2.75) is 11.2 Å². The molecule has 0 fully saturated rings. The standard InChI is InChI=1S/C13H15BrN2O3/c1-8-13(14,12(17)16(2)15-8)9-5-6-10(18-3)11(7-9)19-4/h5-7H,1-4H3. The van der Waals surface area contributed by atoms with Gasteiger partial charge in [-0.25, -0.2) is 5.01 Å². The van der Waals surface area contributed by atoms with Gasteiger partial charge in [-0.2, -0.15) is 5.10 Å². The highest BCUT2D eigenvalue weighted by atomic mass is 79.9. The molecular weight excluding hydrogens is 312 g/mol. The molecule has 0 N–H and O–H groups in total. The third-order valence-electron chi connectivity index (χ3n) is 3.17. The molecule has 5 nitrogen and oxygen atoms in total. The summed E-state index contributed by atoms with van der Waals surface area (Å²) in [6.07, 6.45) is 0. The van der Waals surface area contributed by atoms with E-state index in [1.165, 1.54) is 5.01 Å². The predicted molar refractivity (Wildman–Crippen MR) is 76.0 cm³/mol. The van der Waals surface area contributed by atoms with Crippen molar-refractivity contribution in [2.24, 2.45) is 5.10 Å². The van der Waals surface area contributed by atoms with Crippen LogP contribution in [0.4, 0.5) is 0 Å². The number of amides is 1. The second-order valence-electron chi connectivity index (χ2n) is 4.24. The van der Waals surface area contributed by atoms with Crippen LogP contribution in [0.15, 0.2) is 23.3 Å². The minimum Gasteiger partial charge on any atom is -0.493 e. The number of hydrazone groups is 1. The fourth-order valence-corrected chi connectivity index (χ4v) is 2.68. The zero-order chi connectivity index (χ0) is 14.2. The molecule has 6 heteroatoms. The van der Waals surface area contributed by atoms with Crippen molar-refractivity contribution < 1.29 is 14.3 Å². The number of ether oxygens (including phenoxy) is 2. The van der Waals surface area contributed by atoms with Gasteiger partial charge in [0.25, 0.3) is 5.91 Å². The van der Waals surface area contributed by atoms with Crippen molar-refractivity contribution in [3.05, 3.63) is 23.8 Å². The summed E-state index contributed by atoms with van der Waals surface area (Å²) < 4.78 is 9.53. The molecule has 0 aromatic heterocycles. The molecule has 0 bridgehead atoms. The molecule has 1 unspecified atom stereocenters. The van der Waals surface area contributed by atoms with Gasteiger partial charge in [0.1, 0.15) is 0 Å². The smallest absolute Gasteiger partial charge is 0.269 e. The zero-order valence-corrected chi connectivity index (χ0v) is 12.8. The van der Waals surface area contributed by atoms with Crippen LogP contribution >= 0.6 is 15.9 Å². The van der Waals surface area contributed by atoms with Crippen LogP contribution in [0.25, 0.3) is 0 Å². The topological polar surface area (TPSA) is 51.1 Å². The van der Waals surface area contributed by atoms with Gasteiger partial charge in [-0.05, 0) is 24.6 Å². The maximum absolute atomic E-state index is 12.3. The van der Waals surface area contributed by atoms with Gasteiger partial charge < -0.3 is 9.47 Å². The van der Waals surface area contributed by atoms with E-state index in [1.807, 2.05) is 13.0 Å². The van der Waals surface area contributed by atoms with Crippen LogP contribution in [0.3, 0.4) is 0 Å². The lowest BCUT2D eigenvalue weighted by Gasteiger charge is -2.22. The average Bonchev–Trinajstić information content (AvgIpc) is 2.62. The van der Waals surface area contributed by atoms with E-state index in [4.69, 9.17) is 9.47 Å². The number of hydrogen-bond acceptors (Lipinski definition) is 4. The summed E-state index contributed by atoms with van der Waals surface area (Å²) in [5.41, 5.74) is 1.45. The maximum atomic E-state index is 12.3. The Bertz CT molecular complexity index is 559. The number of hydrogen-bond donors (Lipinski definition) is 0. The molecule has 0 saturated heterocycles. The number of nitrogens with zero attached hydrogens (tertiary/aromatic N) is 2. The first-order valence-electron chi connectivity index (χ1n) is 5.70. The molecule has 0 radical (unpaired) electrons. The van der Waals surface area contributed by atoms with Gasteiger partial charge in [-0.15, -0.1) is 0 Å². The Balaban J connectivity index is 2.53. The Hall–Kier alpha value is -1.56. The van der Waals surface area contributed by atoms with Crippen LogP contribution in [0, 0.1) is 0 Å². The number of alkyl halides is 1. The molecule has 1 aromatic carbocycles. The van der Waals surface area contributed by atoms with E-state index < -0.39 is 4.32 Å². The number of likely N-dealkylation sites (N-methyl/N-ethyl adjacent to an activating group) is 1. The fourth-order valence-electron chi connectivity index (χ4n) is 2.10. The van der Waals surface area contributed by atoms with Crippen molar-refractivity contribution >= 4 is 27.5 Å². The second-order valence-corrected chi connectivity index (χ2v) is 5.43. The van der Waals surface area contributed by atoms with Crippen molar-refractivity contribution in [3.63, 3.8) is 0 Å². The predicted octanol–water partition coefficient (Wildman–Crippen LogP) is 2.14. The van der Waals surface area contributed by atoms with Crippen LogP contribution in [0.2, 0.25) is 0 Å². The van der Waals surface area contributed by atoms with Crippen LogP contribution < -0.4 is 9.47 Å². The van der Waals surface area contributed by atoms with Crippen LogP contribution in [-0.2, 0) is 9.12 Å². The Kier molecular flexibility index (Phi) is 3.54. The molecule has 1 atom stereocenters. The summed E-state index contributed by atoms with van der Waals surface area (Å²) in [6.45, 7) is 1.81. The first kappa shape index (κ1) is 13.9. The minimum atomic E-state index is -0.929. The lowest BCUT2D eigenvalue weighted by molar-refractivity contribution is -0.129. The summed E-state index contributed by atoms with van der Waals surface area (Å²) in [5.74, 6) is 1.07. The quantitative estimate of drug-likeness (QED) is 0.800. The molecule has 1 heterocycles. The van der Waals surface area contributed by atoms with E-state index in [9.17, 15) is 4.79 Å². The molecule has 1 amide bonds. The van der Waals surface area contributed by atoms with Crippen LogP contribution in [0.5, 0.6) is 11.5 Å². The number of rotatable bonds is 3. The molecule has 1 aliphatic heterocycles. The second kappa shape index (κ2) is 4.85. The average molecular weight is 327 g/mol. The van der Waals surface area contributed by atoms with E-state index in [2.05, 4.69) is 21.0 Å². The first-order valence-corrected chi connectivity index (χ1v) is 6.49. The van der Waals surface area contributed by atoms with Crippen LogP contribution in [0.1, 0.15) is 12.5 Å². The van der Waals surface area contributed by atoms with Gasteiger partial charge in [0.15, 0.2) is 15.8 Å². The van der Waals surface area contributed by atoms with E-state index in [0.717, 1.165) is 5.56 Å². The Morgan fingerprint density at radius 1 is 1.26 bits per heavy atom. The lowest BCUT2D eigenvalue weighted by Crippen LogP contribution is -2.36. The summed E-state index contributed by atoms with van der Waals surface area (Å²) in [6, 6.07) is 5.38. The SMILES string of the molecule is COc1ccc(C2(Br)C(=O)N(C)N=C2C)cc1OC. The lowest BCUT2D eigenvalue weighted by atomic mass is 9.94. The molecule has 2 rings (SSSR count). The molecule has 1 aliphatic rings. The summed E-state index contributed by atoms with van der Waals surface area (Å²) >= 11 is 3.52. The molecule has 102 valence electrons. The minimum absolute atomic E-state index is 0.128. The number of methoxy groups -OCH3 is 2. The van der Waals surface area contributed by atoms with E-state index >= 15 is 0 Å². The van der Waals surface area contributed by atoms with Gasteiger partial charge in [-0.1, -0.05) is 22.0 Å². The fraction of sp³-hybridized carbons (Fsp3) is 0.385. The Morgan fingerprint density at radius 2 is 1.89 bits per heavy atom. The van der Waals surface area contributed by atoms with Gasteiger partial charge in [-0.3, -0.25) is 4.79 Å². The molecular formula is C13H15BrN2O3. The highest BCUT2D eigenvalue weighted by Gasteiger charge is 2.47. The normalized spacial score (nSPS) is 22.5. The van der Waals surface area contributed by atoms with Crippen molar-refractivity contribution in [3.8, 4) is 11.5 Å². The summed E-state index contributed by atoms with van der Waals surface area (Å²) in [5, 5.41) is 5.51. The van der Waals surface area contributed by atoms with Gasteiger partial charge >= 0.3 is 0 Å². The Morgan fingerprint density at radius 3 is 2.37 bits per heavy atom. The zero-order valence-electron chi connectivity index (χ0n) is 11.2. The molecule has 1 aromatic rings. The van der Waals surface area contributed by atoms with Gasteiger partial charge in [0.2, 0.25) is 0 Å². The third-order valence-corrected chi connectivity index (χ3v) is 4.54. The monoisotopic (exact) mass is 326 g/mol. The first-order chi connectivity index (χ1) is 8.94. The third kappa shape index (κ3) is 2.00. The number of carbonyl (C=O) groups is 1. The van der Waals surface area contributed by atoms with E-state index in [0.29, 0.717) is 17.2 Å². The van der Waals surface area contributed by atoms with E-state index in [-0.39, 0.29) is 5.91 Å². The molecule has 0 spiro atoms. The molecule has 0 aliphatic carbocycles.